The number of fused-ring (bicyclic) bond motifs is 1. The van der Waals surface area contributed by atoms with Crippen LogP contribution in [0.3, 0.4) is 0 Å². The minimum Gasteiger partial charge on any atom is -0.486 e. The van der Waals surface area contributed by atoms with E-state index < -0.39 is 17.1 Å². The van der Waals surface area contributed by atoms with Crippen LogP contribution in [0, 0.1) is 0 Å². The first-order valence-electron chi connectivity index (χ1n) is 6.75. The maximum Gasteiger partial charge on any atom is 0.169 e. The molecule has 0 amide bonds. The Hall–Kier alpha value is -1.11. The van der Waals surface area contributed by atoms with Crippen molar-refractivity contribution in [1.82, 2.24) is 0 Å². The van der Waals surface area contributed by atoms with E-state index in [1.807, 2.05) is 13.8 Å². The number of hydrogen-bond donors (Lipinski definition) is 0. The summed E-state index contributed by atoms with van der Waals surface area (Å²) in [7, 11) is -1.20. The van der Waals surface area contributed by atoms with Gasteiger partial charge in [0.2, 0.25) is 0 Å². The van der Waals surface area contributed by atoms with Crippen LogP contribution in [-0.4, -0.2) is 42.7 Å². The second-order valence-electron chi connectivity index (χ2n) is 4.16. The zero-order chi connectivity index (χ0) is 14.4. The van der Waals surface area contributed by atoms with E-state index in [1.54, 1.807) is 18.2 Å². The third kappa shape index (κ3) is 3.94. The molecular weight excluding hydrogens is 280 g/mol. The predicted molar refractivity (Wildman–Crippen MR) is 75.7 cm³/mol. The summed E-state index contributed by atoms with van der Waals surface area (Å²) < 4.78 is 34.1. The highest BCUT2D eigenvalue weighted by Gasteiger charge is 2.18. The lowest BCUT2D eigenvalue weighted by Gasteiger charge is -2.19. The lowest BCUT2D eigenvalue weighted by Crippen LogP contribution is -2.24. The Morgan fingerprint density at radius 3 is 2.45 bits per heavy atom. The Morgan fingerprint density at radius 1 is 1.15 bits per heavy atom. The molecule has 0 N–H and O–H groups in total. The van der Waals surface area contributed by atoms with Gasteiger partial charge in [-0.2, -0.15) is 0 Å². The Labute approximate surface area is 121 Å². The van der Waals surface area contributed by atoms with Gasteiger partial charge in [-0.25, -0.2) is 0 Å². The van der Waals surface area contributed by atoms with E-state index in [1.165, 1.54) is 0 Å². The second kappa shape index (κ2) is 7.61. The topological polar surface area (TPSA) is 54.0 Å². The van der Waals surface area contributed by atoms with Gasteiger partial charge in [0.1, 0.15) is 13.2 Å². The van der Waals surface area contributed by atoms with Gasteiger partial charge in [0.05, 0.1) is 16.6 Å². The average Bonchev–Trinajstić information content (AvgIpc) is 2.47. The van der Waals surface area contributed by atoms with Gasteiger partial charge in [0.15, 0.2) is 17.8 Å². The van der Waals surface area contributed by atoms with E-state index in [9.17, 15) is 4.21 Å². The van der Waals surface area contributed by atoms with Crippen LogP contribution in [0.15, 0.2) is 23.1 Å². The predicted octanol–water partition coefficient (Wildman–Crippen LogP) is 1.96. The van der Waals surface area contributed by atoms with E-state index >= 15 is 0 Å². The molecular formula is C14H20O5S. The van der Waals surface area contributed by atoms with E-state index in [-0.39, 0.29) is 0 Å². The quantitative estimate of drug-likeness (QED) is 0.721. The molecule has 0 aromatic heterocycles. The standard InChI is InChI=1S/C14H20O5S/c1-3-16-14(17-4-2)10-20(15)11-5-6-12-13(9-11)19-8-7-18-12/h5-6,9,14H,3-4,7-8,10H2,1-2H3. The Balaban J connectivity index is 2.04. The van der Waals surface area contributed by atoms with Crippen LogP contribution in [0.2, 0.25) is 0 Å². The fraction of sp³-hybridized carbons (Fsp3) is 0.571. The summed E-state index contributed by atoms with van der Waals surface area (Å²) in [4.78, 5) is 0.693. The normalized spacial score (nSPS) is 15.3. The van der Waals surface area contributed by atoms with Gasteiger partial charge in [-0.1, -0.05) is 0 Å². The number of hydrogen-bond acceptors (Lipinski definition) is 5. The smallest absolute Gasteiger partial charge is 0.169 e. The molecule has 0 aliphatic carbocycles. The summed E-state index contributed by atoms with van der Waals surface area (Å²) in [5, 5.41) is 0. The van der Waals surface area contributed by atoms with Crippen molar-refractivity contribution in [1.29, 1.82) is 0 Å². The van der Waals surface area contributed by atoms with E-state index in [4.69, 9.17) is 18.9 Å². The number of ether oxygens (including phenoxy) is 4. The molecule has 1 aliphatic heterocycles. The van der Waals surface area contributed by atoms with Crippen LogP contribution in [0.25, 0.3) is 0 Å². The summed E-state index contributed by atoms with van der Waals surface area (Å²) in [6.07, 6.45) is -0.445. The summed E-state index contributed by atoms with van der Waals surface area (Å²) >= 11 is 0. The highest BCUT2D eigenvalue weighted by Crippen LogP contribution is 2.31. The third-order valence-corrected chi connectivity index (χ3v) is 4.12. The van der Waals surface area contributed by atoms with Crippen molar-refractivity contribution in [3.63, 3.8) is 0 Å². The fourth-order valence-electron chi connectivity index (χ4n) is 1.90. The molecule has 0 saturated heterocycles. The minimum absolute atomic E-state index is 0.307. The van der Waals surface area contributed by atoms with Crippen molar-refractivity contribution >= 4 is 10.8 Å². The van der Waals surface area contributed by atoms with E-state index in [0.29, 0.717) is 48.6 Å². The van der Waals surface area contributed by atoms with Crippen molar-refractivity contribution in [2.75, 3.05) is 32.2 Å². The molecule has 1 aromatic rings. The minimum atomic E-state index is -1.20. The largest absolute Gasteiger partial charge is 0.486 e. The van der Waals surface area contributed by atoms with Gasteiger partial charge in [-0.05, 0) is 26.0 Å². The maximum atomic E-state index is 12.3. The molecule has 112 valence electrons. The van der Waals surface area contributed by atoms with Gasteiger partial charge in [-0.15, -0.1) is 0 Å². The molecule has 1 aromatic carbocycles. The van der Waals surface area contributed by atoms with E-state index in [2.05, 4.69) is 0 Å². The number of rotatable bonds is 7. The van der Waals surface area contributed by atoms with Crippen LogP contribution in [0.1, 0.15) is 13.8 Å². The molecule has 5 nitrogen and oxygen atoms in total. The van der Waals surface area contributed by atoms with Gasteiger partial charge in [0.25, 0.3) is 0 Å². The van der Waals surface area contributed by atoms with Crippen LogP contribution in [-0.2, 0) is 20.3 Å². The lowest BCUT2D eigenvalue weighted by molar-refractivity contribution is -0.120. The highest BCUT2D eigenvalue weighted by atomic mass is 32.2. The Bertz CT molecular complexity index is 457. The molecule has 0 bridgehead atoms. The Kier molecular flexibility index (Phi) is 5.82. The van der Waals surface area contributed by atoms with Crippen molar-refractivity contribution in [3.8, 4) is 11.5 Å². The zero-order valence-corrected chi connectivity index (χ0v) is 12.6. The first kappa shape index (κ1) is 15.3. The fourth-order valence-corrected chi connectivity index (χ4v) is 2.99. The van der Waals surface area contributed by atoms with Crippen molar-refractivity contribution in [3.05, 3.63) is 18.2 Å². The molecule has 0 fully saturated rings. The van der Waals surface area contributed by atoms with Gasteiger partial charge in [0, 0.05) is 24.2 Å². The maximum absolute atomic E-state index is 12.3. The van der Waals surface area contributed by atoms with E-state index in [0.717, 1.165) is 0 Å². The molecule has 0 saturated carbocycles. The van der Waals surface area contributed by atoms with Crippen LogP contribution < -0.4 is 9.47 Å². The second-order valence-corrected chi connectivity index (χ2v) is 5.65. The van der Waals surface area contributed by atoms with Gasteiger partial charge < -0.3 is 18.9 Å². The van der Waals surface area contributed by atoms with Crippen molar-refractivity contribution in [2.24, 2.45) is 0 Å². The average molecular weight is 300 g/mol. The SMILES string of the molecule is CCOC(CS(=O)c1ccc2c(c1)OCCO2)OCC. The molecule has 2 rings (SSSR count). The van der Waals surface area contributed by atoms with Crippen LogP contribution >= 0.6 is 0 Å². The van der Waals surface area contributed by atoms with Crippen LogP contribution in [0.5, 0.6) is 11.5 Å². The van der Waals surface area contributed by atoms with Gasteiger partial charge >= 0.3 is 0 Å². The molecule has 6 heteroatoms. The Morgan fingerprint density at radius 2 is 1.80 bits per heavy atom. The molecule has 0 radical (unpaired) electrons. The molecule has 1 heterocycles. The van der Waals surface area contributed by atoms with Crippen LogP contribution in [0.4, 0.5) is 0 Å². The first-order chi connectivity index (χ1) is 9.74. The van der Waals surface area contributed by atoms with Crippen molar-refractivity contribution < 1.29 is 23.2 Å². The summed E-state index contributed by atoms with van der Waals surface area (Å²) in [6.45, 7) is 5.90. The molecule has 1 unspecified atom stereocenters. The lowest BCUT2D eigenvalue weighted by atomic mass is 10.3. The van der Waals surface area contributed by atoms with Gasteiger partial charge in [-0.3, -0.25) is 4.21 Å². The summed E-state index contributed by atoms with van der Waals surface area (Å²) in [5.41, 5.74) is 0. The number of benzene rings is 1. The zero-order valence-electron chi connectivity index (χ0n) is 11.8. The molecule has 1 atom stereocenters. The van der Waals surface area contributed by atoms with Crippen molar-refractivity contribution in [2.45, 2.75) is 25.0 Å². The molecule has 20 heavy (non-hydrogen) atoms. The molecule has 1 aliphatic rings. The monoisotopic (exact) mass is 300 g/mol. The summed E-state index contributed by atoms with van der Waals surface area (Å²) in [5.74, 6) is 1.65. The first-order valence-corrected chi connectivity index (χ1v) is 8.07. The summed E-state index contributed by atoms with van der Waals surface area (Å²) in [6, 6.07) is 5.34. The third-order valence-electron chi connectivity index (χ3n) is 2.77. The molecule has 0 spiro atoms. The highest BCUT2D eigenvalue weighted by molar-refractivity contribution is 7.85.